The fraction of sp³-hybridized carbons (Fsp3) is 0.143. The topological polar surface area (TPSA) is 43.4 Å². The van der Waals surface area contributed by atoms with E-state index < -0.39 is 9.84 Å². The van der Waals surface area contributed by atoms with E-state index in [4.69, 9.17) is 16.3 Å². The Balaban J connectivity index is 2.49. The Morgan fingerprint density at radius 3 is 2.21 bits per heavy atom. The lowest BCUT2D eigenvalue weighted by Gasteiger charge is -2.09. The summed E-state index contributed by atoms with van der Waals surface area (Å²) < 4.78 is 28.0. The summed E-state index contributed by atoms with van der Waals surface area (Å²) in [6.45, 7) is 0. The second-order valence-electron chi connectivity index (χ2n) is 4.12. The Hall–Kier alpha value is -1.52. The van der Waals surface area contributed by atoms with E-state index in [9.17, 15) is 8.42 Å². The van der Waals surface area contributed by atoms with Crippen molar-refractivity contribution < 1.29 is 13.2 Å². The minimum Gasteiger partial charge on any atom is -0.495 e. The van der Waals surface area contributed by atoms with Crippen LogP contribution in [0.4, 0.5) is 0 Å². The zero-order valence-electron chi connectivity index (χ0n) is 10.6. The highest BCUT2D eigenvalue weighted by atomic mass is 35.5. The SMILES string of the molecule is COc1cccc(-c2ccc(S(C)(=O)=O)cc2)c1Cl. The Morgan fingerprint density at radius 2 is 1.68 bits per heavy atom. The molecule has 2 aromatic carbocycles. The third-order valence-corrected chi connectivity index (χ3v) is 4.30. The first-order valence-corrected chi connectivity index (χ1v) is 7.83. The molecule has 0 fully saturated rings. The molecule has 19 heavy (non-hydrogen) atoms. The van der Waals surface area contributed by atoms with Crippen LogP contribution in [0, 0.1) is 0 Å². The zero-order chi connectivity index (χ0) is 14.0. The van der Waals surface area contributed by atoms with Crippen LogP contribution < -0.4 is 4.74 Å². The molecule has 0 radical (unpaired) electrons. The van der Waals surface area contributed by atoms with Gasteiger partial charge in [0, 0.05) is 11.8 Å². The van der Waals surface area contributed by atoms with Crippen LogP contribution in [0.1, 0.15) is 0 Å². The van der Waals surface area contributed by atoms with Crippen LogP contribution in [-0.4, -0.2) is 21.8 Å². The Bertz CT molecular complexity index is 691. The van der Waals surface area contributed by atoms with Crippen molar-refractivity contribution in [3.05, 3.63) is 47.5 Å². The van der Waals surface area contributed by atoms with Crippen LogP contribution in [0.5, 0.6) is 5.75 Å². The maximum absolute atomic E-state index is 11.4. The van der Waals surface area contributed by atoms with Crippen molar-refractivity contribution in [1.82, 2.24) is 0 Å². The normalized spacial score (nSPS) is 11.3. The molecule has 3 nitrogen and oxygen atoms in total. The lowest BCUT2D eigenvalue weighted by atomic mass is 10.1. The van der Waals surface area contributed by atoms with Gasteiger partial charge in [-0.25, -0.2) is 8.42 Å². The highest BCUT2D eigenvalue weighted by Gasteiger charge is 2.10. The van der Waals surface area contributed by atoms with E-state index in [-0.39, 0.29) is 4.90 Å². The summed E-state index contributed by atoms with van der Waals surface area (Å²) in [6.07, 6.45) is 1.18. The maximum Gasteiger partial charge on any atom is 0.175 e. The molecular formula is C14H13ClO3S. The molecule has 0 bridgehead atoms. The minimum atomic E-state index is -3.18. The quantitative estimate of drug-likeness (QED) is 0.871. The maximum atomic E-state index is 11.4. The molecule has 0 unspecified atom stereocenters. The molecule has 0 saturated heterocycles. The van der Waals surface area contributed by atoms with Crippen LogP contribution in [0.25, 0.3) is 11.1 Å². The summed E-state index contributed by atoms with van der Waals surface area (Å²) >= 11 is 6.23. The number of hydrogen-bond donors (Lipinski definition) is 0. The average Bonchev–Trinajstić information content (AvgIpc) is 2.38. The van der Waals surface area contributed by atoms with Gasteiger partial charge in [-0.05, 0) is 23.8 Å². The largest absolute Gasteiger partial charge is 0.495 e. The summed E-state index contributed by atoms with van der Waals surface area (Å²) in [6, 6.07) is 12.1. The monoisotopic (exact) mass is 296 g/mol. The van der Waals surface area contributed by atoms with Crippen LogP contribution >= 0.6 is 11.6 Å². The third kappa shape index (κ3) is 2.91. The number of hydrogen-bond acceptors (Lipinski definition) is 3. The summed E-state index contributed by atoms with van der Waals surface area (Å²) in [4.78, 5) is 0.287. The second kappa shape index (κ2) is 5.23. The molecule has 2 rings (SSSR count). The Morgan fingerprint density at radius 1 is 1.05 bits per heavy atom. The minimum absolute atomic E-state index is 0.287. The van der Waals surface area contributed by atoms with Crippen molar-refractivity contribution in [2.75, 3.05) is 13.4 Å². The molecule has 0 aliphatic heterocycles. The van der Waals surface area contributed by atoms with Crippen molar-refractivity contribution in [2.24, 2.45) is 0 Å². The zero-order valence-corrected chi connectivity index (χ0v) is 12.1. The van der Waals surface area contributed by atoms with E-state index in [1.807, 2.05) is 12.1 Å². The van der Waals surface area contributed by atoms with Crippen molar-refractivity contribution >= 4 is 21.4 Å². The standard InChI is InChI=1S/C14H13ClO3S/c1-18-13-5-3-4-12(14(13)15)10-6-8-11(9-7-10)19(2,16)17/h3-9H,1-2H3. The van der Waals surface area contributed by atoms with Crippen LogP contribution in [0.15, 0.2) is 47.4 Å². The third-order valence-electron chi connectivity index (χ3n) is 2.78. The number of ether oxygens (including phenoxy) is 1. The predicted molar refractivity (Wildman–Crippen MR) is 76.5 cm³/mol. The van der Waals surface area contributed by atoms with Crippen LogP contribution in [-0.2, 0) is 9.84 Å². The molecule has 2 aromatic rings. The molecule has 100 valence electrons. The lowest BCUT2D eigenvalue weighted by Crippen LogP contribution is -1.96. The van der Waals surface area contributed by atoms with Gasteiger partial charge in [-0.3, -0.25) is 0 Å². The van der Waals surface area contributed by atoms with Crippen LogP contribution in [0.2, 0.25) is 5.02 Å². The van der Waals surface area contributed by atoms with E-state index in [0.717, 1.165) is 11.1 Å². The Labute approximate surface area is 117 Å². The molecule has 0 N–H and O–H groups in total. The summed E-state index contributed by atoms with van der Waals surface area (Å²) in [7, 11) is -1.63. The van der Waals surface area contributed by atoms with Gasteiger partial charge in [0.1, 0.15) is 5.75 Å². The van der Waals surface area contributed by atoms with Gasteiger partial charge in [-0.1, -0.05) is 35.9 Å². The van der Waals surface area contributed by atoms with Gasteiger partial charge >= 0.3 is 0 Å². The summed E-state index contributed by atoms with van der Waals surface area (Å²) in [5.74, 6) is 0.589. The number of methoxy groups -OCH3 is 1. The fourth-order valence-corrected chi connectivity index (χ4v) is 2.72. The molecular weight excluding hydrogens is 284 g/mol. The van der Waals surface area contributed by atoms with Crippen LogP contribution in [0.3, 0.4) is 0 Å². The van der Waals surface area contributed by atoms with E-state index in [1.54, 1.807) is 37.4 Å². The molecule has 0 aliphatic rings. The first kappa shape index (κ1) is 13.9. The number of rotatable bonds is 3. The van der Waals surface area contributed by atoms with Gasteiger partial charge in [0.15, 0.2) is 9.84 Å². The van der Waals surface area contributed by atoms with Gasteiger partial charge in [0.05, 0.1) is 17.0 Å². The second-order valence-corrected chi connectivity index (χ2v) is 6.51. The van der Waals surface area contributed by atoms with E-state index in [0.29, 0.717) is 10.8 Å². The predicted octanol–water partition coefficient (Wildman–Crippen LogP) is 3.42. The highest BCUT2D eigenvalue weighted by molar-refractivity contribution is 7.90. The van der Waals surface area contributed by atoms with Gasteiger partial charge in [-0.2, -0.15) is 0 Å². The molecule has 0 spiro atoms. The number of halogens is 1. The van der Waals surface area contributed by atoms with Crippen molar-refractivity contribution in [3.63, 3.8) is 0 Å². The molecule has 0 aromatic heterocycles. The molecule has 0 heterocycles. The average molecular weight is 297 g/mol. The molecule has 0 atom stereocenters. The smallest absolute Gasteiger partial charge is 0.175 e. The number of benzene rings is 2. The highest BCUT2D eigenvalue weighted by Crippen LogP contribution is 2.35. The van der Waals surface area contributed by atoms with Gasteiger partial charge in [0.25, 0.3) is 0 Å². The molecule has 0 saturated carbocycles. The van der Waals surface area contributed by atoms with Gasteiger partial charge < -0.3 is 4.74 Å². The van der Waals surface area contributed by atoms with Crippen molar-refractivity contribution in [3.8, 4) is 16.9 Å². The van der Waals surface area contributed by atoms with E-state index in [2.05, 4.69) is 0 Å². The first-order valence-electron chi connectivity index (χ1n) is 5.56. The first-order chi connectivity index (χ1) is 8.93. The van der Waals surface area contributed by atoms with Crippen molar-refractivity contribution in [2.45, 2.75) is 4.90 Å². The summed E-state index contributed by atoms with van der Waals surface area (Å²) in [5.41, 5.74) is 1.65. The van der Waals surface area contributed by atoms with Gasteiger partial charge in [-0.15, -0.1) is 0 Å². The van der Waals surface area contributed by atoms with Crippen molar-refractivity contribution in [1.29, 1.82) is 0 Å². The Kier molecular flexibility index (Phi) is 3.83. The van der Waals surface area contributed by atoms with E-state index >= 15 is 0 Å². The molecule has 0 aliphatic carbocycles. The molecule has 5 heteroatoms. The fourth-order valence-electron chi connectivity index (χ4n) is 1.77. The number of sulfone groups is 1. The summed E-state index contributed by atoms with van der Waals surface area (Å²) in [5, 5.41) is 0.511. The van der Waals surface area contributed by atoms with Gasteiger partial charge in [0.2, 0.25) is 0 Å². The molecule has 0 amide bonds. The lowest BCUT2D eigenvalue weighted by molar-refractivity contribution is 0.415. The van der Waals surface area contributed by atoms with E-state index in [1.165, 1.54) is 6.26 Å².